The molecular weight excluding hydrogens is 368 g/mol. The molecule has 0 atom stereocenters. The molecule has 1 heterocycles. The van der Waals surface area contributed by atoms with Crippen LogP contribution in [0.1, 0.15) is 27.3 Å². The van der Waals surface area contributed by atoms with Gasteiger partial charge >= 0.3 is 5.97 Å². The average molecular weight is 392 g/mol. The van der Waals surface area contributed by atoms with Gasteiger partial charge in [0.1, 0.15) is 6.54 Å². The lowest BCUT2D eigenvalue weighted by atomic mass is 10.1. The van der Waals surface area contributed by atoms with Gasteiger partial charge in [-0.15, -0.1) is 0 Å². The number of ether oxygens (including phenoxy) is 1. The van der Waals surface area contributed by atoms with Crippen molar-refractivity contribution in [2.45, 2.75) is 25.7 Å². The Hall–Kier alpha value is -2.45. The van der Waals surface area contributed by atoms with Gasteiger partial charge in [0.05, 0.1) is 4.90 Å². The number of carbonyl (C=O) groups excluding carboxylic acids is 2. The number of nitrogens with zero attached hydrogens (tertiary/aromatic N) is 2. The number of carbonyl (C=O) groups is 2. The fraction of sp³-hybridized carbons (Fsp3) is 0.368. The van der Waals surface area contributed by atoms with Gasteiger partial charge in [0.2, 0.25) is 15.8 Å². The summed E-state index contributed by atoms with van der Waals surface area (Å²) in [7, 11) is -0.666. The van der Waals surface area contributed by atoms with Gasteiger partial charge in [-0.3, -0.25) is 9.59 Å². The van der Waals surface area contributed by atoms with Crippen molar-refractivity contribution in [3.63, 3.8) is 0 Å². The highest BCUT2D eigenvalue weighted by atomic mass is 32.2. The first-order valence-electron chi connectivity index (χ1n) is 8.38. The lowest BCUT2D eigenvalue weighted by molar-refractivity contribution is -0.142. The van der Waals surface area contributed by atoms with E-state index in [4.69, 9.17) is 4.74 Å². The molecule has 0 fully saturated rings. The molecule has 0 aliphatic heterocycles. The minimum absolute atomic E-state index is 0.0925. The van der Waals surface area contributed by atoms with E-state index in [9.17, 15) is 18.0 Å². The van der Waals surface area contributed by atoms with Crippen LogP contribution in [0.4, 0.5) is 0 Å². The van der Waals surface area contributed by atoms with Crippen LogP contribution in [-0.4, -0.2) is 49.2 Å². The van der Waals surface area contributed by atoms with E-state index in [1.807, 2.05) is 32.4 Å². The van der Waals surface area contributed by atoms with E-state index in [2.05, 4.69) is 0 Å². The van der Waals surface area contributed by atoms with Crippen LogP contribution in [0.3, 0.4) is 0 Å². The summed E-state index contributed by atoms with van der Waals surface area (Å²) in [5, 5.41) is 0. The third-order valence-corrected chi connectivity index (χ3v) is 6.34. The molecule has 146 valence electrons. The van der Waals surface area contributed by atoms with Gasteiger partial charge in [-0.1, -0.05) is 17.7 Å². The van der Waals surface area contributed by atoms with Crippen LogP contribution < -0.4 is 0 Å². The summed E-state index contributed by atoms with van der Waals surface area (Å²) in [6.07, 6.45) is 0. The van der Waals surface area contributed by atoms with Gasteiger partial charge in [-0.2, -0.15) is 4.31 Å². The first kappa shape index (κ1) is 20.9. The Kier molecular flexibility index (Phi) is 6.22. The van der Waals surface area contributed by atoms with Crippen LogP contribution in [0, 0.1) is 20.8 Å². The number of sulfonamides is 1. The molecule has 0 radical (unpaired) electrons. The highest BCUT2D eigenvalue weighted by Gasteiger charge is 2.24. The minimum Gasteiger partial charge on any atom is -0.456 e. The van der Waals surface area contributed by atoms with Crippen LogP contribution in [0.5, 0.6) is 0 Å². The maximum atomic E-state index is 12.5. The summed E-state index contributed by atoms with van der Waals surface area (Å²) in [5.41, 5.74) is 3.13. The van der Waals surface area contributed by atoms with Gasteiger partial charge in [0.15, 0.2) is 6.61 Å². The molecule has 7 nitrogen and oxygen atoms in total. The summed E-state index contributed by atoms with van der Waals surface area (Å²) in [4.78, 5) is 24.3. The van der Waals surface area contributed by atoms with Crippen LogP contribution >= 0.6 is 0 Å². The monoisotopic (exact) mass is 392 g/mol. The molecule has 2 aromatic rings. The predicted molar refractivity (Wildman–Crippen MR) is 101 cm³/mol. The molecular formula is C19H24N2O5S. The molecule has 0 aliphatic rings. The SMILES string of the molecule is Cc1ccc(S(=O)(=O)N(C)CC(=O)OCC(=O)c2cc(C)n(C)c2C)cc1. The van der Waals surface area contributed by atoms with Crippen LogP contribution in [0.25, 0.3) is 0 Å². The van der Waals surface area contributed by atoms with Crippen molar-refractivity contribution in [3.05, 3.63) is 52.8 Å². The van der Waals surface area contributed by atoms with Crippen LogP contribution in [0.15, 0.2) is 35.2 Å². The number of hydrogen-bond acceptors (Lipinski definition) is 5. The molecule has 8 heteroatoms. The van der Waals surface area contributed by atoms with E-state index in [0.717, 1.165) is 21.3 Å². The van der Waals surface area contributed by atoms with E-state index >= 15 is 0 Å². The molecule has 0 saturated carbocycles. The molecule has 0 saturated heterocycles. The molecule has 0 unspecified atom stereocenters. The summed E-state index contributed by atoms with van der Waals surface area (Å²) in [6.45, 7) is 4.63. The smallest absolute Gasteiger partial charge is 0.321 e. The zero-order chi connectivity index (χ0) is 20.4. The predicted octanol–water partition coefficient (Wildman–Crippen LogP) is 2.00. The molecule has 2 rings (SSSR count). The standard InChI is InChI=1S/C19H24N2O5S/c1-13-6-8-16(9-7-13)27(24,25)20(4)11-19(23)26-12-18(22)17-10-14(2)21(5)15(17)3/h6-10H,11-12H2,1-5H3. The highest BCUT2D eigenvalue weighted by molar-refractivity contribution is 7.89. The molecule has 27 heavy (non-hydrogen) atoms. The number of ketones is 1. The van der Waals surface area contributed by atoms with Gasteiger partial charge in [0.25, 0.3) is 0 Å². The Bertz CT molecular complexity index is 959. The second kappa shape index (κ2) is 8.06. The van der Waals surface area contributed by atoms with Crippen molar-refractivity contribution in [2.24, 2.45) is 7.05 Å². The number of Topliss-reactive ketones (excluding diaryl/α,β-unsaturated/α-hetero) is 1. The molecule has 0 spiro atoms. The first-order valence-corrected chi connectivity index (χ1v) is 9.82. The van der Waals surface area contributed by atoms with Gasteiger partial charge in [0, 0.05) is 31.0 Å². The van der Waals surface area contributed by atoms with Crippen molar-refractivity contribution in [1.29, 1.82) is 0 Å². The first-order chi connectivity index (χ1) is 12.5. The van der Waals surface area contributed by atoms with E-state index in [-0.39, 0.29) is 10.7 Å². The maximum absolute atomic E-state index is 12.5. The summed E-state index contributed by atoms with van der Waals surface area (Å²) in [6, 6.07) is 8.07. The number of aromatic nitrogens is 1. The van der Waals surface area contributed by atoms with E-state index in [1.54, 1.807) is 18.2 Å². The number of benzene rings is 1. The number of esters is 1. The van der Waals surface area contributed by atoms with E-state index in [1.165, 1.54) is 19.2 Å². The van der Waals surface area contributed by atoms with Crippen molar-refractivity contribution < 1.29 is 22.7 Å². The lowest BCUT2D eigenvalue weighted by Crippen LogP contribution is -2.33. The molecule has 1 aromatic heterocycles. The van der Waals surface area contributed by atoms with E-state index in [0.29, 0.717) is 5.56 Å². The molecule has 0 aliphatic carbocycles. The van der Waals surface area contributed by atoms with Crippen molar-refractivity contribution in [1.82, 2.24) is 8.87 Å². The van der Waals surface area contributed by atoms with Gasteiger partial charge in [-0.25, -0.2) is 8.42 Å². The average Bonchev–Trinajstić information content (AvgIpc) is 2.87. The Morgan fingerprint density at radius 2 is 1.70 bits per heavy atom. The second-order valence-electron chi connectivity index (χ2n) is 6.50. The normalized spacial score (nSPS) is 11.6. The third-order valence-electron chi connectivity index (χ3n) is 4.52. The molecule has 0 bridgehead atoms. The van der Waals surface area contributed by atoms with Gasteiger partial charge in [-0.05, 0) is 39.0 Å². The Morgan fingerprint density at radius 1 is 1.11 bits per heavy atom. The highest BCUT2D eigenvalue weighted by Crippen LogP contribution is 2.16. The van der Waals surface area contributed by atoms with Crippen molar-refractivity contribution >= 4 is 21.8 Å². The largest absolute Gasteiger partial charge is 0.456 e. The quantitative estimate of drug-likeness (QED) is 0.531. The molecule has 0 N–H and O–H groups in total. The summed E-state index contributed by atoms with van der Waals surface area (Å²) < 4.78 is 32.7. The Labute approximate surface area is 159 Å². The zero-order valence-electron chi connectivity index (χ0n) is 16.1. The van der Waals surface area contributed by atoms with Gasteiger partial charge < -0.3 is 9.30 Å². The number of aryl methyl sites for hydroxylation is 2. The van der Waals surface area contributed by atoms with Crippen LogP contribution in [0.2, 0.25) is 0 Å². The topological polar surface area (TPSA) is 85.7 Å². The maximum Gasteiger partial charge on any atom is 0.321 e. The Morgan fingerprint density at radius 3 is 2.22 bits per heavy atom. The lowest BCUT2D eigenvalue weighted by Gasteiger charge is -2.16. The number of rotatable bonds is 7. The van der Waals surface area contributed by atoms with Crippen LogP contribution in [-0.2, 0) is 26.6 Å². The van der Waals surface area contributed by atoms with Crippen molar-refractivity contribution in [3.8, 4) is 0 Å². The fourth-order valence-electron chi connectivity index (χ4n) is 2.56. The summed E-state index contributed by atoms with van der Waals surface area (Å²) >= 11 is 0. The fourth-order valence-corrected chi connectivity index (χ4v) is 3.68. The zero-order valence-corrected chi connectivity index (χ0v) is 17.0. The molecule has 1 aromatic carbocycles. The van der Waals surface area contributed by atoms with E-state index < -0.39 is 29.1 Å². The Balaban J connectivity index is 1.97. The van der Waals surface area contributed by atoms with Crippen molar-refractivity contribution in [2.75, 3.05) is 20.2 Å². The number of likely N-dealkylation sites (N-methyl/N-ethyl adjacent to an activating group) is 1. The number of hydrogen-bond donors (Lipinski definition) is 0. The third kappa shape index (κ3) is 4.64. The second-order valence-corrected chi connectivity index (χ2v) is 8.55. The summed E-state index contributed by atoms with van der Waals surface area (Å²) in [5.74, 6) is -1.11. The minimum atomic E-state index is -3.81. The molecule has 0 amide bonds.